The van der Waals surface area contributed by atoms with Gasteiger partial charge in [0.05, 0.1) is 5.56 Å². The summed E-state index contributed by atoms with van der Waals surface area (Å²) in [5.41, 5.74) is 8.19. The van der Waals surface area contributed by atoms with Gasteiger partial charge in [-0.15, -0.1) is 24.8 Å². The Balaban J connectivity index is 0.00000210. The number of hydrogen-bond acceptors (Lipinski definition) is 5. The van der Waals surface area contributed by atoms with Gasteiger partial charge in [-0.2, -0.15) is 0 Å². The van der Waals surface area contributed by atoms with E-state index in [-0.39, 0.29) is 36.4 Å². The molecule has 4 N–H and O–H groups in total. The van der Waals surface area contributed by atoms with Crippen LogP contribution in [0, 0.1) is 0 Å². The van der Waals surface area contributed by atoms with E-state index in [1.165, 1.54) is 0 Å². The molecule has 0 amide bonds. The molecule has 0 saturated heterocycles. The monoisotopic (exact) mass is 437 g/mol. The molecule has 1 aliphatic rings. The highest BCUT2D eigenvalue weighted by Crippen LogP contribution is 2.31. The molecule has 7 heteroatoms. The first-order valence-electron chi connectivity index (χ1n) is 9.70. The van der Waals surface area contributed by atoms with E-state index in [1.54, 1.807) is 30.3 Å². The number of nitrogens with one attached hydrogen (secondary N) is 2. The highest BCUT2D eigenvalue weighted by Gasteiger charge is 2.31. The van der Waals surface area contributed by atoms with Crippen molar-refractivity contribution in [2.24, 2.45) is 5.73 Å². The van der Waals surface area contributed by atoms with Gasteiger partial charge in [-0.05, 0) is 25.5 Å². The van der Waals surface area contributed by atoms with Crippen LogP contribution in [0.25, 0.3) is 0 Å². The molecule has 0 unspecified atom stereocenters. The zero-order chi connectivity index (χ0) is 19.1. The minimum absolute atomic E-state index is 0. The molecule has 29 heavy (non-hydrogen) atoms. The van der Waals surface area contributed by atoms with Gasteiger partial charge in [-0.1, -0.05) is 49.2 Å². The van der Waals surface area contributed by atoms with Crippen molar-refractivity contribution in [2.45, 2.75) is 25.7 Å². The fourth-order valence-electron chi connectivity index (χ4n) is 3.47. The first-order valence-corrected chi connectivity index (χ1v) is 9.70. The fourth-order valence-corrected chi connectivity index (χ4v) is 3.47. The Labute approximate surface area is 184 Å². The number of carbonyl (C=O) groups is 2. The number of rotatable bonds is 10. The van der Waals surface area contributed by atoms with Gasteiger partial charge in [-0.25, -0.2) is 0 Å². The SMILES string of the molecule is Cl.Cl.NCCNCCCCCCNc1cccc2c1C(=O)c1ccccc1C2=O. The van der Waals surface area contributed by atoms with Crippen molar-refractivity contribution in [3.63, 3.8) is 0 Å². The van der Waals surface area contributed by atoms with E-state index in [0.29, 0.717) is 28.8 Å². The zero-order valence-corrected chi connectivity index (χ0v) is 18.0. The number of anilines is 1. The first kappa shape index (κ1) is 25.1. The molecule has 0 spiro atoms. The number of unbranched alkanes of at least 4 members (excludes halogenated alkanes) is 3. The standard InChI is InChI=1S/C22H27N3O2.2ClH/c23-12-15-24-13-5-1-2-6-14-25-19-11-7-10-18-20(19)22(27)17-9-4-3-8-16(17)21(18)26;;/h3-4,7-11,24-25H,1-2,5-6,12-15,23H2;2*1H. The molecule has 0 heterocycles. The van der Waals surface area contributed by atoms with Crippen LogP contribution in [0.2, 0.25) is 0 Å². The van der Waals surface area contributed by atoms with Gasteiger partial charge < -0.3 is 16.4 Å². The molecule has 0 aromatic heterocycles. The summed E-state index contributed by atoms with van der Waals surface area (Å²) in [6.45, 7) is 3.34. The topological polar surface area (TPSA) is 84.2 Å². The van der Waals surface area contributed by atoms with Crippen molar-refractivity contribution < 1.29 is 9.59 Å². The second-order valence-corrected chi connectivity index (χ2v) is 6.81. The van der Waals surface area contributed by atoms with Crippen molar-refractivity contribution in [1.82, 2.24) is 5.32 Å². The average molecular weight is 438 g/mol. The van der Waals surface area contributed by atoms with Crippen molar-refractivity contribution in [3.05, 3.63) is 64.7 Å². The Kier molecular flexibility index (Phi) is 10.9. The molecule has 0 atom stereocenters. The molecule has 0 bridgehead atoms. The second kappa shape index (κ2) is 12.6. The lowest BCUT2D eigenvalue weighted by Crippen LogP contribution is -2.23. The van der Waals surface area contributed by atoms with Crippen LogP contribution < -0.4 is 16.4 Å². The second-order valence-electron chi connectivity index (χ2n) is 6.81. The minimum Gasteiger partial charge on any atom is -0.384 e. The minimum atomic E-state index is -0.0752. The Morgan fingerprint density at radius 2 is 1.31 bits per heavy atom. The van der Waals surface area contributed by atoms with E-state index in [2.05, 4.69) is 10.6 Å². The molecular formula is C22H29Cl2N3O2. The molecule has 5 nitrogen and oxygen atoms in total. The van der Waals surface area contributed by atoms with Crippen molar-refractivity contribution in [2.75, 3.05) is 31.5 Å². The quantitative estimate of drug-likeness (QED) is 0.419. The highest BCUT2D eigenvalue weighted by atomic mass is 35.5. The van der Waals surface area contributed by atoms with E-state index < -0.39 is 0 Å². The van der Waals surface area contributed by atoms with Gasteiger partial charge in [-0.3, -0.25) is 9.59 Å². The van der Waals surface area contributed by atoms with E-state index >= 15 is 0 Å². The maximum atomic E-state index is 12.9. The van der Waals surface area contributed by atoms with E-state index in [1.807, 2.05) is 12.1 Å². The van der Waals surface area contributed by atoms with Gasteiger partial charge in [0.1, 0.15) is 0 Å². The Hall–Kier alpha value is -1.92. The zero-order valence-electron chi connectivity index (χ0n) is 16.4. The number of hydrogen-bond donors (Lipinski definition) is 3. The van der Waals surface area contributed by atoms with Gasteiger partial charge in [0.15, 0.2) is 11.6 Å². The van der Waals surface area contributed by atoms with Crippen molar-refractivity contribution in [3.8, 4) is 0 Å². The van der Waals surface area contributed by atoms with Crippen LogP contribution in [0.3, 0.4) is 0 Å². The van der Waals surface area contributed by atoms with Crippen LogP contribution in [-0.4, -0.2) is 37.7 Å². The summed E-state index contributed by atoms with van der Waals surface area (Å²) in [4.78, 5) is 25.7. The number of carbonyl (C=O) groups excluding carboxylic acids is 2. The summed E-state index contributed by atoms with van der Waals surface area (Å²) >= 11 is 0. The molecule has 3 rings (SSSR count). The maximum Gasteiger partial charge on any atom is 0.196 e. The Morgan fingerprint density at radius 3 is 2.00 bits per heavy atom. The third kappa shape index (κ3) is 6.03. The van der Waals surface area contributed by atoms with Gasteiger partial charge in [0, 0.05) is 42.0 Å². The van der Waals surface area contributed by atoms with Crippen LogP contribution in [0.15, 0.2) is 42.5 Å². The molecule has 0 saturated carbocycles. The molecule has 158 valence electrons. The van der Waals surface area contributed by atoms with Crippen LogP contribution in [0.4, 0.5) is 5.69 Å². The van der Waals surface area contributed by atoms with Gasteiger partial charge in [0.2, 0.25) is 0 Å². The fraction of sp³-hybridized carbons (Fsp3) is 0.364. The summed E-state index contributed by atoms with van der Waals surface area (Å²) < 4.78 is 0. The predicted octanol–water partition coefficient (Wildman–Crippen LogP) is 3.83. The maximum absolute atomic E-state index is 12.9. The third-order valence-corrected chi connectivity index (χ3v) is 4.87. The molecule has 0 radical (unpaired) electrons. The average Bonchev–Trinajstić information content (AvgIpc) is 2.70. The Bertz CT molecular complexity index is 827. The molecule has 0 aliphatic heterocycles. The normalized spacial score (nSPS) is 11.8. The number of halogens is 2. The molecule has 2 aromatic rings. The largest absolute Gasteiger partial charge is 0.384 e. The lowest BCUT2D eigenvalue weighted by Gasteiger charge is -2.20. The van der Waals surface area contributed by atoms with Crippen LogP contribution in [0.1, 0.15) is 57.5 Å². The first-order chi connectivity index (χ1) is 13.2. The van der Waals surface area contributed by atoms with Crippen LogP contribution in [-0.2, 0) is 0 Å². The molecule has 1 aliphatic carbocycles. The van der Waals surface area contributed by atoms with Crippen LogP contribution in [0.5, 0.6) is 0 Å². The van der Waals surface area contributed by atoms with E-state index in [4.69, 9.17) is 5.73 Å². The van der Waals surface area contributed by atoms with Crippen molar-refractivity contribution in [1.29, 1.82) is 0 Å². The van der Waals surface area contributed by atoms with Crippen molar-refractivity contribution >= 4 is 42.1 Å². The van der Waals surface area contributed by atoms with E-state index in [0.717, 1.165) is 51.0 Å². The lowest BCUT2D eigenvalue weighted by atomic mass is 9.83. The number of nitrogens with two attached hydrogens (primary N) is 1. The summed E-state index contributed by atoms with van der Waals surface area (Å²) in [6.07, 6.45) is 4.46. The molecule has 2 aromatic carbocycles. The molecular weight excluding hydrogens is 409 g/mol. The summed E-state index contributed by atoms with van der Waals surface area (Å²) in [5, 5.41) is 6.65. The van der Waals surface area contributed by atoms with Gasteiger partial charge in [0.25, 0.3) is 0 Å². The predicted molar refractivity (Wildman–Crippen MR) is 123 cm³/mol. The molecule has 0 fully saturated rings. The summed E-state index contributed by atoms with van der Waals surface area (Å²) in [5.74, 6) is -0.150. The van der Waals surface area contributed by atoms with Gasteiger partial charge >= 0.3 is 0 Å². The summed E-state index contributed by atoms with van der Waals surface area (Å²) in [6, 6.07) is 12.5. The smallest absolute Gasteiger partial charge is 0.196 e. The highest BCUT2D eigenvalue weighted by molar-refractivity contribution is 6.30. The third-order valence-electron chi connectivity index (χ3n) is 4.87. The van der Waals surface area contributed by atoms with E-state index in [9.17, 15) is 9.59 Å². The lowest BCUT2D eigenvalue weighted by molar-refractivity contribution is 0.0979. The summed E-state index contributed by atoms with van der Waals surface area (Å²) in [7, 11) is 0. The number of benzene rings is 2. The Morgan fingerprint density at radius 1 is 0.690 bits per heavy atom. The number of fused-ring (bicyclic) bond motifs is 2. The van der Waals surface area contributed by atoms with Crippen LogP contribution >= 0.6 is 24.8 Å². The number of ketones is 2.